The van der Waals surface area contributed by atoms with Crippen LogP contribution in [0, 0.1) is 5.82 Å². The average Bonchev–Trinajstić information content (AvgIpc) is 2.42. The highest BCUT2D eigenvalue weighted by atomic mass is 19.1. The minimum absolute atomic E-state index is 0.134. The highest BCUT2D eigenvalue weighted by molar-refractivity contribution is 5.94. The maximum atomic E-state index is 13.4. The van der Waals surface area contributed by atoms with Gasteiger partial charge in [0.15, 0.2) is 0 Å². The van der Waals surface area contributed by atoms with Crippen molar-refractivity contribution in [1.82, 2.24) is 5.32 Å². The monoisotopic (exact) mass is 258 g/mol. The van der Waals surface area contributed by atoms with E-state index in [1.165, 1.54) is 6.07 Å². The van der Waals surface area contributed by atoms with Crippen molar-refractivity contribution in [2.24, 2.45) is 0 Å². The maximum Gasteiger partial charge on any atom is 0.251 e. The number of benzene rings is 2. The number of carbonyl (C=O) groups excluding carboxylic acids is 1. The summed E-state index contributed by atoms with van der Waals surface area (Å²) in [5, 5.41) is 2.57. The number of halogens is 1. The van der Waals surface area contributed by atoms with E-state index in [-0.39, 0.29) is 11.6 Å². The van der Waals surface area contributed by atoms with Gasteiger partial charge in [0.25, 0.3) is 5.91 Å². The van der Waals surface area contributed by atoms with Crippen molar-refractivity contribution in [2.45, 2.75) is 6.42 Å². The molecule has 2 aromatic carbocycles. The van der Waals surface area contributed by atoms with Crippen LogP contribution in [0.15, 0.2) is 42.5 Å². The van der Waals surface area contributed by atoms with E-state index in [2.05, 4.69) is 5.32 Å². The highest BCUT2D eigenvalue weighted by Gasteiger charge is 2.05. The molecule has 2 rings (SSSR count). The average molecular weight is 258 g/mol. The van der Waals surface area contributed by atoms with Gasteiger partial charge in [-0.3, -0.25) is 4.79 Å². The standard InChI is InChI=1S/C15H15FN2O/c1-18-15(19)12-4-2-3-10(8-12)7-11-5-6-14(17)13(16)9-11/h2-6,8-9H,7,17H2,1H3,(H,18,19). The summed E-state index contributed by atoms with van der Waals surface area (Å²) in [6.07, 6.45) is 0.558. The number of amides is 1. The van der Waals surface area contributed by atoms with Gasteiger partial charge >= 0.3 is 0 Å². The van der Waals surface area contributed by atoms with E-state index in [0.717, 1.165) is 11.1 Å². The molecule has 0 saturated carbocycles. The van der Waals surface area contributed by atoms with Crippen LogP contribution in [-0.4, -0.2) is 13.0 Å². The summed E-state index contributed by atoms with van der Waals surface area (Å²) in [6, 6.07) is 12.0. The van der Waals surface area contributed by atoms with E-state index in [0.29, 0.717) is 12.0 Å². The minimum Gasteiger partial charge on any atom is -0.396 e. The van der Waals surface area contributed by atoms with Crippen LogP contribution in [0.25, 0.3) is 0 Å². The van der Waals surface area contributed by atoms with Gasteiger partial charge in [0, 0.05) is 12.6 Å². The molecule has 19 heavy (non-hydrogen) atoms. The van der Waals surface area contributed by atoms with Crippen molar-refractivity contribution in [2.75, 3.05) is 12.8 Å². The van der Waals surface area contributed by atoms with Crippen molar-refractivity contribution >= 4 is 11.6 Å². The van der Waals surface area contributed by atoms with Gasteiger partial charge < -0.3 is 11.1 Å². The molecule has 3 nitrogen and oxygen atoms in total. The third-order valence-corrected chi connectivity index (χ3v) is 2.89. The van der Waals surface area contributed by atoms with Crippen molar-refractivity contribution in [3.8, 4) is 0 Å². The van der Waals surface area contributed by atoms with Gasteiger partial charge in [-0.1, -0.05) is 18.2 Å². The number of carbonyl (C=O) groups is 1. The normalized spacial score (nSPS) is 10.2. The smallest absolute Gasteiger partial charge is 0.251 e. The zero-order valence-corrected chi connectivity index (χ0v) is 10.6. The fraction of sp³-hybridized carbons (Fsp3) is 0.133. The fourth-order valence-corrected chi connectivity index (χ4v) is 1.88. The summed E-state index contributed by atoms with van der Waals surface area (Å²) in [7, 11) is 1.59. The molecule has 0 aromatic heterocycles. The van der Waals surface area contributed by atoms with Gasteiger partial charge in [-0.25, -0.2) is 4.39 Å². The molecule has 0 atom stereocenters. The van der Waals surface area contributed by atoms with Gasteiger partial charge in [0.05, 0.1) is 5.69 Å². The van der Waals surface area contributed by atoms with Crippen LogP contribution >= 0.6 is 0 Å². The van der Waals surface area contributed by atoms with E-state index >= 15 is 0 Å². The number of rotatable bonds is 3. The third-order valence-electron chi connectivity index (χ3n) is 2.89. The molecule has 0 heterocycles. The van der Waals surface area contributed by atoms with Crippen LogP contribution in [0.1, 0.15) is 21.5 Å². The molecular weight excluding hydrogens is 243 g/mol. The second-order valence-electron chi connectivity index (χ2n) is 4.31. The minimum atomic E-state index is -0.417. The molecule has 0 saturated heterocycles. The Hall–Kier alpha value is -2.36. The van der Waals surface area contributed by atoms with E-state index in [1.54, 1.807) is 31.3 Å². The van der Waals surface area contributed by atoms with Crippen LogP contribution < -0.4 is 11.1 Å². The second kappa shape index (κ2) is 5.52. The predicted octanol–water partition coefficient (Wildman–Crippen LogP) is 2.36. The Kier molecular flexibility index (Phi) is 3.80. The number of hydrogen-bond acceptors (Lipinski definition) is 2. The highest BCUT2D eigenvalue weighted by Crippen LogP contribution is 2.16. The largest absolute Gasteiger partial charge is 0.396 e. The zero-order valence-electron chi connectivity index (χ0n) is 10.6. The summed E-state index contributed by atoms with van der Waals surface area (Å²) in [5.74, 6) is -0.551. The summed E-state index contributed by atoms with van der Waals surface area (Å²) < 4.78 is 13.4. The second-order valence-corrected chi connectivity index (χ2v) is 4.31. The molecule has 0 aliphatic carbocycles. The topological polar surface area (TPSA) is 55.1 Å². The van der Waals surface area contributed by atoms with Crippen LogP contribution in [0.3, 0.4) is 0 Å². The van der Waals surface area contributed by atoms with Gasteiger partial charge in [-0.05, 0) is 41.8 Å². The molecule has 0 radical (unpaired) electrons. The SMILES string of the molecule is CNC(=O)c1cccc(Cc2ccc(N)c(F)c2)c1. The lowest BCUT2D eigenvalue weighted by atomic mass is 10.0. The van der Waals surface area contributed by atoms with Gasteiger partial charge in [-0.15, -0.1) is 0 Å². The van der Waals surface area contributed by atoms with Crippen molar-refractivity contribution in [3.05, 3.63) is 65.0 Å². The van der Waals surface area contributed by atoms with Crippen LogP contribution in [0.5, 0.6) is 0 Å². The van der Waals surface area contributed by atoms with E-state index in [9.17, 15) is 9.18 Å². The van der Waals surface area contributed by atoms with Crippen molar-refractivity contribution in [1.29, 1.82) is 0 Å². The summed E-state index contributed by atoms with van der Waals surface area (Å²) in [5.41, 5.74) is 7.94. The van der Waals surface area contributed by atoms with Gasteiger partial charge in [0.1, 0.15) is 5.82 Å². The van der Waals surface area contributed by atoms with Crippen LogP contribution in [-0.2, 0) is 6.42 Å². The molecule has 0 aliphatic heterocycles. The molecular formula is C15H15FN2O. The molecule has 0 spiro atoms. The Bertz CT molecular complexity index is 611. The Morgan fingerprint density at radius 1 is 1.21 bits per heavy atom. The van der Waals surface area contributed by atoms with E-state index in [4.69, 9.17) is 5.73 Å². The lowest BCUT2D eigenvalue weighted by Gasteiger charge is -2.06. The number of nitrogens with one attached hydrogen (secondary N) is 1. The van der Waals surface area contributed by atoms with Crippen LogP contribution in [0.4, 0.5) is 10.1 Å². The number of hydrogen-bond donors (Lipinski definition) is 2. The quantitative estimate of drug-likeness (QED) is 0.830. The molecule has 4 heteroatoms. The molecule has 0 fully saturated rings. The molecule has 2 aromatic rings. The first kappa shape index (κ1) is 13.1. The fourth-order valence-electron chi connectivity index (χ4n) is 1.88. The first-order valence-corrected chi connectivity index (χ1v) is 5.95. The Labute approximate surface area is 111 Å². The first-order valence-electron chi connectivity index (χ1n) is 5.95. The van der Waals surface area contributed by atoms with E-state index < -0.39 is 5.82 Å². The Morgan fingerprint density at radius 2 is 1.95 bits per heavy atom. The Balaban J connectivity index is 2.23. The first-order chi connectivity index (χ1) is 9.10. The molecule has 0 aliphatic rings. The Morgan fingerprint density at radius 3 is 2.63 bits per heavy atom. The summed E-state index contributed by atoms with van der Waals surface area (Å²) >= 11 is 0. The zero-order chi connectivity index (χ0) is 13.8. The summed E-state index contributed by atoms with van der Waals surface area (Å²) in [6.45, 7) is 0. The van der Waals surface area contributed by atoms with Crippen molar-refractivity contribution in [3.63, 3.8) is 0 Å². The van der Waals surface area contributed by atoms with Gasteiger partial charge in [0.2, 0.25) is 0 Å². The lowest BCUT2D eigenvalue weighted by molar-refractivity contribution is 0.0963. The maximum absolute atomic E-state index is 13.4. The van der Waals surface area contributed by atoms with E-state index in [1.807, 2.05) is 12.1 Å². The van der Waals surface area contributed by atoms with Crippen LogP contribution in [0.2, 0.25) is 0 Å². The molecule has 1 amide bonds. The molecule has 0 unspecified atom stereocenters. The number of nitrogen functional groups attached to an aromatic ring is 1. The predicted molar refractivity (Wildman–Crippen MR) is 73.5 cm³/mol. The third kappa shape index (κ3) is 3.10. The number of anilines is 1. The number of nitrogens with two attached hydrogens (primary N) is 1. The molecule has 0 bridgehead atoms. The van der Waals surface area contributed by atoms with Crippen molar-refractivity contribution < 1.29 is 9.18 Å². The molecule has 3 N–H and O–H groups in total. The molecule has 98 valence electrons. The summed E-state index contributed by atoms with van der Waals surface area (Å²) in [4.78, 5) is 11.5. The van der Waals surface area contributed by atoms with Gasteiger partial charge in [-0.2, -0.15) is 0 Å². The lowest BCUT2D eigenvalue weighted by Crippen LogP contribution is -2.17.